The van der Waals surface area contributed by atoms with E-state index < -0.39 is 30.7 Å². The highest BCUT2D eigenvalue weighted by atomic mass is 16.7. The van der Waals surface area contributed by atoms with E-state index in [4.69, 9.17) is 30.1 Å². The molecule has 0 saturated carbocycles. The molecule has 0 unspecified atom stereocenters. The first-order valence-corrected chi connectivity index (χ1v) is 12.1. The minimum atomic E-state index is -1.23. The van der Waals surface area contributed by atoms with Crippen molar-refractivity contribution in [3.05, 3.63) is 108 Å². The number of benzene rings is 3. The predicted octanol–water partition coefficient (Wildman–Crippen LogP) is 4.11. The Morgan fingerprint density at radius 2 is 1.17 bits per heavy atom. The molecule has 1 fully saturated rings. The van der Waals surface area contributed by atoms with Gasteiger partial charge in [0, 0.05) is 0 Å². The van der Waals surface area contributed by atoms with Gasteiger partial charge in [-0.15, -0.1) is 6.42 Å². The van der Waals surface area contributed by atoms with Gasteiger partial charge < -0.3 is 28.8 Å². The summed E-state index contributed by atoms with van der Waals surface area (Å²) in [4.78, 5) is 0. The summed E-state index contributed by atoms with van der Waals surface area (Å²) >= 11 is 0. The molecule has 0 bridgehead atoms. The second kappa shape index (κ2) is 13.9. The average molecular weight is 489 g/mol. The highest BCUT2D eigenvalue weighted by Gasteiger charge is 2.47. The number of hydrogen-bond donors (Lipinski definition) is 1. The lowest BCUT2D eigenvalue weighted by atomic mass is 9.98. The van der Waals surface area contributed by atoms with Crippen molar-refractivity contribution >= 4 is 0 Å². The van der Waals surface area contributed by atoms with Crippen LogP contribution in [0.4, 0.5) is 0 Å². The Bertz CT molecular complexity index is 1050. The molecule has 1 aliphatic rings. The maximum Gasteiger partial charge on any atom is 0.184 e. The Hall–Kier alpha value is -3.02. The SMILES string of the molecule is C#CCO[C@H]1[C@H](OCc2ccccc2)[C@H](OCc2ccccc2)[C@@H](O)O[C@@H]1COCc1ccccc1. The third kappa shape index (κ3) is 7.49. The largest absolute Gasteiger partial charge is 0.374 e. The Kier molecular flexibility index (Phi) is 10.1. The maximum absolute atomic E-state index is 11.0. The van der Waals surface area contributed by atoms with Gasteiger partial charge in [-0.1, -0.05) is 96.9 Å². The van der Waals surface area contributed by atoms with Gasteiger partial charge in [0.1, 0.15) is 31.0 Å². The van der Waals surface area contributed by atoms with E-state index in [9.17, 15) is 5.11 Å². The molecule has 4 rings (SSSR count). The van der Waals surface area contributed by atoms with Gasteiger partial charge in [0.2, 0.25) is 0 Å². The van der Waals surface area contributed by atoms with E-state index in [0.717, 1.165) is 16.7 Å². The van der Waals surface area contributed by atoms with Gasteiger partial charge in [-0.3, -0.25) is 0 Å². The molecule has 0 aliphatic carbocycles. The van der Waals surface area contributed by atoms with Crippen LogP contribution in [0.1, 0.15) is 16.7 Å². The third-order valence-electron chi connectivity index (χ3n) is 5.93. The van der Waals surface area contributed by atoms with E-state index in [2.05, 4.69) is 5.92 Å². The standard InChI is InChI=1S/C30H32O6/c1-2-18-33-27-26(22-32-19-23-12-6-3-7-13-23)36-30(31)29(35-21-25-16-10-5-11-17-25)28(27)34-20-24-14-8-4-9-15-24/h1,3-17,26-31H,18-22H2/t26-,27-,28+,29+,30+/m1/s1. The Labute approximate surface area is 212 Å². The Balaban J connectivity index is 1.50. The van der Waals surface area contributed by atoms with Crippen molar-refractivity contribution in [2.45, 2.75) is 50.5 Å². The van der Waals surface area contributed by atoms with Crippen LogP contribution in [0.3, 0.4) is 0 Å². The van der Waals surface area contributed by atoms with E-state index in [-0.39, 0.29) is 19.8 Å². The summed E-state index contributed by atoms with van der Waals surface area (Å²) in [6, 6.07) is 29.4. The van der Waals surface area contributed by atoms with E-state index in [1.807, 2.05) is 91.0 Å². The van der Waals surface area contributed by atoms with Gasteiger partial charge >= 0.3 is 0 Å². The molecule has 5 atom stereocenters. The molecule has 6 nitrogen and oxygen atoms in total. The first kappa shape index (κ1) is 26.1. The van der Waals surface area contributed by atoms with Crippen molar-refractivity contribution in [1.82, 2.24) is 0 Å². The molecule has 0 amide bonds. The molecule has 188 valence electrons. The van der Waals surface area contributed by atoms with Crippen molar-refractivity contribution in [3.8, 4) is 12.3 Å². The molecule has 36 heavy (non-hydrogen) atoms. The number of aliphatic hydroxyl groups excluding tert-OH is 1. The fraction of sp³-hybridized carbons (Fsp3) is 0.333. The smallest absolute Gasteiger partial charge is 0.184 e. The van der Waals surface area contributed by atoms with Crippen LogP contribution in [0.15, 0.2) is 91.0 Å². The normalized spacial score (nSPS) is 23.7. The summed E-state index contributed by atoms with van der Waals surface area (Å²) < 4.78 is 30.4. The van der Waals surface area contributed by atoms with Crippen molar-refractivity contribution in [3.63, 3.8) is 0 Å². The topological polar surface area (TPSA) is 66.4 Å². The molecular weight excluding hydrogens is 456 g/mol. The number of rotatable bonds is 12. The van der Waals surface area contributed by atoms with Crippen molar-refractivity contribution in [2.24, 2.45) is 0 Å². The Morgan fingerprint density at radius 1 is 0.667 bits per heavy atom. The second-order valence-electron chi connectivity index (χ2n) is 8.57. The van der Waals surface area contributed by atoms with Crippen LogP contribution >= 0.6 is 0 Å². The molecule has 3 aromatic rings. The molecule has 6 heteroatoms. The van der Waals surface area contributed by atoms with Gasteiger partial charge in [0.25, 0.3) is 0 Å². The third-order valence-corrected chi connectivity index (χ3v) is 5.93. The van der Waals surface area contributed by atoms with Crippen LogP contribution in [0.25, 0.3) is 0 Å². The zero-order chi connectivity index (χ0) is 25.0. The Morgan fingerprint density at radius 3 is 1.69 bits per heavy atom. The summed E-state index contributed by atoms with van der Waals surface area (Å²) in [5.41, 5.74) is 3.00. The van der Waals surface area contributed by atoms with Crippen molar-refractivity contribution in [2.75, 3.05) is 13.2 Å². The summed E-state index contributed by atoms with van der Waals surface area (Å²) in [6.45, 7) is 1.26. The summed E-state index contributed by atoms with van der Waals surface area (Å²) in [5, 5.41) is 11.0. The maximum atomic E-state index is 11.0. The minimum absolute atomic E-state index is 0.0654. The van der Waals surface area contributed by atoms with E-state index in [0.29, 0.717) is 13.2 Å². The zero-order valence-electron chi connectivity index (χ0n) is 20.1. The molecule has 1 N–H and O–H groups in total. The summed E-state index contributed by atoms with van der Waals surface area (Å²) in [6.07, 6.45) is 1.63. The number of terminal acetylenes is 1. The van der Waals surface area contributed by atoms with Crippen molar-refractivity contribution < 1.29 is 28.8 Å². The first-order valence-electron chi connectivity index (χ1n) is 12.1. The number of ether oxygens (including phenoxy) is 5. The molecule has 0 spiro atoms. The highest BCUT2D eigenvalue weighted by Crippen LogP contribution is 2.29. The van der Waals surface area contributed by atoms with Gasteiger partial charge in [-0.05, 0) is 16.7 Å². The predicted molar refractivity (Wildman–Crippen MR) is 136 cm³/mol. The van der Waals surface area contributed by atoms with Crippen LogP contribution in [0.2, 0.25) is 0 Å². The van der Waals surface area contributed by atoms with Gasteiger partial charge in [-0.25, -0.2) is 0 Å². The molecule has 0 aromatic heterocycles. The van der Waals surface area contributed by atoms with Gasteiger partial charge in [0.05, 0.1) is 26.4 Å². The van der Waals surface area contributed by atoms with E-state index in [1.54, 1.807) is 0 Å². The molecular formula is C30H32O6. The van der Waals surface area contributed by atoms with Crippen LogP contribution in [-0.2, 0) is 43.5 Å². The summed E-state index contributed by atoms with van der Waals surface area (Å²) in [5.74, 6) is 2.52. The van der Waals surface area contributed by atoms with Crippen LogP contribution < -0.4 is 0 Å². The number of hydrogen-bond acceptors (Lipinski definition) is 6. The lowest BCUT2D eigenvalue weighted by Crippen LogP contribution is -2.61. The van der Waals surface area contributed by atoms with E-state index >= 15 is 0 Å². The fourth-order valence-electron chi connectivity index (χ4n) is 4.14. The van der Waals surface area contributed by atoms with Gasteiger partial charge in [0.15, 0.2) is 6.29 Å². The molecule has 0 radical (unpaired) electrons. The highest BCUT2D eigenvalue weighted by molar-refractivity contribution is 5.15. The average Bonchev–Trinajstić information content (AvgIpc) is 2.92. The zero-order valence-corrected chi connectivity index (χ0v) is 20.1. The fourth-order valence-corrected chi connectivity index (χ4v) is 4.14. The second-order valence-corrected chi connectivity index (χ2v) is 8.57. The lowest BCUT2D eigenvalue weighted by molar-refractivity contribution is -0.314. The quantitative estimate of drug-likeness (QED) is 0.387. The first-order chi connectivity index (χ1) is 17.7. The van der Waals surface area contributed by atoms with Crippen LogP contribution in [0.5, 0.6) is 0 Å². The lowest BCUT2D eigenvalue weighted by Gasteiger charge is -2.44. The molecule has 3 aromatic carbocycles. The summed E-state index contributed by atoms with van der Waals surface area (Å²) in [7, 11) is 0. The van der Waals surface area contributed by atoms with Crippen LogP contribution in [-0.4, -0.2) is 49.0 Å². The van der Waals surface area contributed by atoms with E-state index in [1.165, 1.54) is 0 Å². The van der Waals surface area contributed by atoms with Crippen molar-refractivity contribution in [1.29, 1.82) is 0 Å². The molecule has 1 aliphatic heterocycles. The molecule has 1 heterocycles. The minimum Gasteiger partial charge on any atom is -0.374 e. The van der Waals surface area contributed by atoms with Gasteiger partial charge in [-0.2, -0.15) is 0 Å². The number of aliphatic hydroxyl groups is 1. The molecule has 1 saturated heterocycles. The van der Waals surface area contributed by atoms with Crippen LogP contribution in [0, 0.1) is 12.3 Å². The monoisotopic (exact) mass is 488 g/mol.